The quantitative estimate of drug-likeness (QED) is 0.174. The fourth-order valence-corrected chi connectivity index (χ4v) is 8.42. The third kappa shape index (κ3) is 5.26. The van der Waals surface area contributed by atoms with Gasteiger partial charge in [-0.25, -0.2) is 9.97 Å². The minimum Gasteiger partial charge on any atom is -0.228 e. The van der Waals surface area contributed by atoms with Gasteiger partial charge in [-0.1, -0.05) is 182 Å². The Hall–Kier alpha value is -6.90. The Morgan fingerprint density at radius 3 is 1.50 bits per heavy atom. The average molecular weight is 689 g/mol. The molecule has 1 aliphatic carbocycles. The second-order valence-electron chi connectivity index (χ2n) is 14.3. The van der Waals surface area contributed by atoms with Crippen LogP contribution in [0.4, 0.5) is 0 Å². The Kier molecular flexibility index (Phi) is 7.63. The van der Waals surface area contributed by atoms with Crippen molar-refractivity contribution >= 4 is 10.8 Å². The van der Waals surface area contributed by atoms with Crippen molar-refractivity contribution in [2.24, 2.45) is 0 Å². The van der Waals surface area contributed by atoms with Gasteiger partial charge in [0, 0.05) is 22.1 Å². The highest BCUT2D eigenvalue weighted by Crippen LogP contribution is 2.53. The highest BCUT2D eigenvalue weighted by molar-refractivity contribution is 6.05. The largest absolute Gasteiger partial charge is 0.228 e. The Balaban J connectivity index is 1.11. The molecule has 10 rings (SSSR count). The molecule has 1 aliphatic rings. The first-order valence-corrected chi connectivity index (χ1v) is 18.6. The normalized spacial score (nSPS) is 14.5. The molecule has 0 spiro atoms. The van der Waals surface area contributed by atoms with Gasteiger partial charge in [0.05, 0.1) is 11.4 Å². The Labute approximate surface area is 316 Å². The van der Waals surface area contributed by atoms with Crippen LogP contribution in [0, 0.1) is 0 Å². The van der Waals surface area contributed by atoms with Crippen molar-refractivity contribution in [3.63, 3.8) is 0 Å². The monoisotopic (exact) mass is 688 g/mol. The van der Waals surface area contributed by atoms with E-state index in [0.29, 0.717) is 5.82 Å². The van der Waals surface area contributed by atoms with Crippen molar-refractivity contribution in [2.45, 2.75) is 12.3 Å². The smallest absolute Gasteiger partial charge is 0.161 e. The van der Waals surface area contributed by atoms with E-state index in [1.54, 1.807) is 0 Å². The van der Waals surface area contributed by atoms with E-state index < -0.39 is 0 Å². The van der Waals surface area contributed by atoms with Gasteiger partial charge in [-0.2, -0.15) is 0 Å². The molecular formula is C52H36N2. The molecular weight excluding hydrogens is 653 g/mol. The van der Waals surface area contributed by atoms with Crippen LogP contribution in [-0.4, -0.2) is 9.97 Å². The second-order valence-corrected chi connectivity index (χ2v) is 14.3. The van der Waals surface area contributed by atoms with Crippen LogP contribution in [-0.2, 0) is 5.41 Å². The van der Waals surface area contributed by atoms with Crippen LogP contribution in [0.5, 0.6) is 0 Å². The lowest BCUT2D eigenvalue weighted by molar-refractivity contribution is 0.714. The van der Waals surface area contributed by atoms with E-state index in [2.05, 4.69) is 195 Å². The summed E-state index contributed by atoms with van der Waals surface area (Å²) in [5.41, 5.74) is 16.0. The van der Waals surface area contributed by atoms with E-state index in [0.717, 1.165) is 33.5 Å². The molecule has 1 atom stereocenters. The average Bonchev–Trinajstić information content (AvgIpc) is 3.52. The van der Waals surface area contributed by atoms with Crippen LogP contribution in [0.15, 0.2) is 200 Å². The highest BCUT2D eigenvalue weighted by atomic mass is 14.9. The van der Waals surface area contributed by atoms with Crippen LogP contribution < -0.4 is 0 Å². The molecule has 0 saturated heterocycles. The van der Waals surface area contributed by atoms with E-state index in [9.17, 15) is 0 Å². The maximum absolute atomic E-state index is 5.27. The third-order valence-corrected chi connectivity index (χ3v) is 11.2. The van der Waals surface area contributed by atoms with Crippen LogP contribution in [0.3, 0.4) is 0 Å². The van der Waals surface area contributed by atoms with E-state index in [1.165, 1.54) is 55.5 Å². The lowest BCUT2D eigenvalue weighted by Gasteiger charge is -2.28. The van der Waals surface area contributed by atoms with Gasteiger partial charge in [0.1, 0.15) is 0 Å². The van der Waals surface area contributed by atoms with E-state index in [1.807, 2.05) is 12.1 Å². The number of hydrogen-bond donors (Lipinski definition) is 0. The molecule has 0 amide bonds. The molecule has 0 saturated carbocycles. The molecule has 254 valence electrons. The summed E-state index contributed by atoms with van der Waals surface area (Å²) in [6.45, 7) is 2.38. The Bertz CT molecular complexity index is 2810. The fourth-order valence-electron chi connectivity index (χ4n) is 8.42. The summed E-state index contributed by atoms with van der Waals surface area (Å²) in [6, 6.07) is 71.7. The SMILES string of the molecule is CC1(c2ccccc2)c2ccccc2-c2ccc(-c3ccc(-c4nc(-c5ccccc5)cc(-c5ccc(-c6ccccc6)cc5)n4)c4ccccc34)cc21. The number of benzene rings is 8. The molecule has 1 aromatic heterocycles. The molecule has 2 heteroatoms. The first kappa shape index (κ1) is 31.8. The Morgan fingerprint density at radius 2 is 0.796 bits per heavy atom. The van der Waals surface area contributed by atoms with Crippen molar-refractivity contribution in [1.82, 2.24) is 9.97 Å². The van der Waals surface area contributed by atoms with Crippen LogP contribution in [0.1, 0.15) is 23.6 Å². The first-order valence-electron chi connectivity index (χ1n) is 18.6. The zero-order chi connectivity index (χ0) is 36.1. The Morgan fingerprint density at radius 1 is 0.333 bits per heavy atom. The summed E-state index contributed by atoms with van der Waals surface area (Å²) in [5.74, 6) is 0.710. The first-order chi connectivity index (χ1) is 26.6. The van der Waals surface area contributed by atoms with Gasteiger partial charge in [0.25, 0.3) is 0 Å². The molecule has 1 heterocycles. The predicted molar refractivity (Wildman–Crippen MR) is 224 cm³/mol. The lowest BCUT2D eigenvalue weighted by atomic mass is 9.74. The molecule has 54 heavy (non-hydrogen) atoms. The topological polar surface area (TPSA) is 25.8 Å². The molecule has 0 fully saturated rings. The van der Waals surface area contributed by atoms with Crippen molar-refractivity contribution in [3.8, 4) is 67.3 Å². The molecule has 0 aliphatic heterocycles. The van der Waals surface area contributed by atoms with Crippen LogP contribution >= 0.6 is 0 Å². The summed E-state index contributed by atoms with van der Waals surface area (Å²) in [5, 5.41) is 2.30. The van der Waals surface area contributed by atoms with Crippen LogP contribution in [0.25, 0.3) is 78.1 Å². The van der Waals surface area contributed by atoms with Crippen molar-refractivity contribution in [3.05, 3.63) is 217 Å². The minimum atomic E-state index is -0.264. The molecule has 0 N–H and O–H groups in total. The highest BCUT2D eigenvalue weighted by Gasteiger charge is 2.40. The van der Waals surface area contributed by atoms with Gasteiger partial charge in [0.15, 0.2) is 5.82 Å². The third-order valence-electron chi connectivity index (χ3n) is 11.2. The standard InChI is InChI=1S/C52H36N2/c1-52(40-19-9-4-10-20-40)47-24-14-13-23-44(47)45-30-29-39(33-48(45)52)41-31-32-46(43-22-12-11-21-42(41)43)51-53-49(37-17-7-3-8-18-37)34-50(54-51)38-27-25-36(26-28-38)35-15-5-2-6-16-35/h2-34H,1H3. The maximum Gasteiger partial charge on any atom is 0.161 e. The summed E-state index contributed by atoms with van der Waals surface area (Å²) in [6.07, 6.45) is 0. The minimum absolute atomic E-state index is 0.264. The van der Waals surface area contributed by atoms with Gasteiger partial charge >= 0.3 is 0 Å². The molecule has 9 aromatic rings. The van der Waals surface area contributed by atoms with E-state index in [-0.39, 0.29) is 5.41 Å². The van der Waals surface area contributed by atoms with Gasteiger partial charge in [-0.05, 0) is 86.0 Å². The second kappa shape index (κ2) is 12.9. The van der Waals surface area contributed by atoms with E-state index >= 15 is 0 Å². The van der Waals surface area contributed by atoms with E-state index in [4.69, 9.17) is 9.97 Å². The number of fused-ring (bicyclic) bond motifs is 4. The molecule has 2 nitrogen and oxygen atoms in total. The summed E-state index contributed by atoms with van der Waals surface area (Å²) in [4.78, 5) is 10.5. The predicted octanol–water partition coefficient (Wildman–Crippen LogP) is 13.3. The van der Waals surface area contributed by atoms with Gasteiger partial charge in [0.2, 0.25) is 0 Å². The summed E-state index contributed by atoms with van der Waals surface area (Å²) < 4.78 is 0. The number of nitrogens with zero attached hydrogens (tertiary/aromatic N) is 2. The number of rotatable bonds is 6. The molecule has 1 unspecified atom stereocenters. The molecule has 8 aromatic carbocycles. The molecule has 0 radical (unpaired) electrons. The zero-order valence-electron chi connectivity index (χ0n) is 29.9. The zero-order valence-corrected chi connectivity index (χ0v) is 29.9. The van der Waals surface area contributed by atoms with Crippen LogP contribution in [0.2, 0.25) is 0 Å². The fraction of sp³-hybridized carbons (Fsp3) is 0.0385. The number of hydrogen-bond acceptors (Lipinski definition) is 2. The number of aromatic nitrogens is 2. The van der Waals surface area contributed by atoms with Crippen molar-refractivity contribution < 1.29 is 0 Å². The lowest BCUT2D eigenvalue weighted by Crippen LogP contribution is -2.22. The van der Waals surface area contributed by atoms with Crippen molar-refractivity contribution in [2.75, 3.05) is 0 Å². The van der Waals surface area contributed by atoms with Gasteiger partial charge in [-0.15, -0.1) is 0 Å². The molecule has 0 bridgehead atoms. The maximum atomic E-state index is 5.27. The summed E-state index contributed by atoms with van der Waals surface area (Å²) >= 11 is 0. The van der Waals surface area contributed by atoms with Gasteiger partial charge < -0.3 is 0 Å². The van der Waals surface area contributed by atoms with Gasteiger partial charge in [-0.3, -0.25) is 0 Å². The summed E-state index contributed by atoms with van der Waals surface area (Å²) in [7, 11) is 0. The van der Waals surface area contributed by atoms with Crippen molar-refractivity contribution in [1.29, 1.82) is 0 Å².